The van der Waals surface area contributed by atoms with Crippen molar-refractivity contribution in [3.63, 3.8) is 0 Å². The first-order chi connectivity index (χ1) is 13.0. The van der Waals surface area contributed by atoms with Crippen LogP contribution in [0.1, 0.15) is 20.8 Å². The Labute approximate surface area is 167 Å². The van der Waals surface area contributed by atoms with Crippen molar-refractivity contribution in [2.45, 2.75) is 13.8 Å². The molecule has 4 nitrogen and oxygen atoms in total. The highest BCUT2D eigenvalue weighted by Crippen LogP contribution is 2.41. The van der Waals surface area contributed by atoms with Gasteiger partial charge in [0, 0.05) is 10.7 Å². The zero-order valence-electron chi connectivity index (χ0n) is 15.1. The smallest absolute Gasteiger partial charge is 0.265 e. The number of carbonyl (C=O) groups excluding carboxylic acids is 1. The third kappa shape index (κ3) is 3.66. The number of fused-ring (bicyclic) bond motifs is 1. The van der Waals surface area contributed by atoms with E-state index in [9.17, 15) is 4.79 Å². The fourth-order valence-electron chi connectivity index (χ4n) is 3.07. The maximum atomic E-state index is 12.7. The van der Waals surface area contributed by atoms with Gasteiger partial charge in [0.2, 0.25) is 0 Å². The number of rotatable bonds is 3. The highest BCUT2D eigenvalue weighted by molar-refractivity contribution is 7.18. The van der Waals surface area contributed by atoms with Gasteiger partial charge in [-0.05, 0) is 61.4 Å². The van der Waals surface area contributed by atoms with Crippen LogP contribution in [-0.4, -0.2) is 19.1 Å². The lowest BCUT2D eigenvalue weighted by molar-refractivity contribution is 0.103. The summed E-state index contributed by atoms with van der Waals surface area (Å²) in [7, 11) is 0. The molecule has 0 saturated carbocycles. The van der Waals surface area contributed by atoms with Crippen LogP contribution in [0.15, 0.2) is 48.5 Å². The molecule has 138 valence electrons. The molecule has 0 bridgehead atoms. The highest BCUT2D eigenvalue weighted by atomic mass is 35.5. The first-order valence-corrected chi connectivity index (χ1v) is 9.89. The monoisotopic (exact) mass is 398 g/mol. The Balaban J connectivity index is 1.58. The molecule has 6 heteroatoms. The summed E-state index contributed by atoms with van der Waals surface area (Å²) in [6.07, 6.45) is 0. The van der Waals surface area contributed by atoms with E-state index in [2.05, 4.69) is 10.2 Å². The summed E-state index contributed by atoms with van der Waals surface area (Å²) in [6, 6.07) is 15.5. The Morgan fingerprint density at radius 1 is 1.15 bits per heavy atom. The minimum Gasteiger partial charge on any atom is -0.490 e. The maximum Gasteiger partial charge on any atom is 0.265 e. The van der Waals surface area contributed by atoms with E-state index in [4.69, 9.17) is 16.3 Å². The fraction of sp³-hybridized carbons (Fsp3) is 0.190. The molecule has 1 aliphatic rings. The Kier molecular flexibility index (Phi) is 4.81. The number of nitrogens with one attached hydrogen (secondary N) is 1. The zero-order valence-corrected chi connectivity index (χ0v) is 16.7. The second-order valence-electron chi connectivity index (χ2n) is 6.52. The van der Waals surface area contributed by atoms with Gasteiger partial charge in [0.25, 0.3) is 5.91 Å². The fourth-order valence-corrected chi connectivity index (χ4v) is 4.18. The molecule has 4 rings (SSSR count). The predicted molar refractivity (Wildman–Crippen MR) is 112 cm³/mol. The lowest BCUT2D eigenvalue weighted by atomic mass is 10.1. The van der Waals surface area contributed by atoms with Gasteiger partial charge in [-0.25, -0.2) is 0 Å². The molecule has 1 amide bonds. The molecule has 1 aliphatic heterocycles. The Morgan fingerprint density at radius 3 is 2.85 bits per heavy atom. The normalized spacial score (nSPS) is 13.1. The second kappa shape index (κ2) is 7.25. The third-order valence-corrected chi connectivity index (χ3v) is 5.85. The summed E-state index contributed by atoms with van der Waals surface area (Å²) < 4.78 is 5.71. The van der Waals surface area contributed by atoms with E-state index in [0.29, 0.717) is 23.1 Å². The number of amides is 1. The number of nitrogens with zero attached hydrogens (tertiary/aromatic N) is 1. The molecule has 3 aromatic rings. The van der Waals surface area contributed by atoms with Crippen LogP contribution in [0.4, 0.5) is 16.4 Å². The largest absolute Gasteiger partial charge is 0.490 e. The van der Waals surface area contributed by atoms with Crippen LogP contribution in [0.5, 0.6) is 5.75 Å². The lowest BCUT2D eigenvalue weighted by Crippen LogP contribution is -2.27. The summed E-state index contributed by atoms with van der Waals surface area (Å²) in [5.41, 5.74) is 3.93. The van der Waals surface area contributed by atoms with Gasteiger partial charge < -0.3 is 15.0 Å². The Hall–Kier alpha value is -2.50. The van der Waals surface area contributed by atoms with Crippen LogP contribution in [0, 0.1) is 13.8 Å². The molecule has 1 aromatic heterocycles. The molecule has 0 spiro atoms. The molecule has 0 fully saturated rings. The van der Waals surface area contributed by atoms with Crippen molar-refractivity contribution in [3.05, 3.63) is 69.6 Å². The van der Waals surface area contributed by atoms with E-state index >= 15 is 0 Å². The number of anilines is 3. The summed E-state index contributed by atoms with van der Waals surface area (Å²) in [5.74, 6) is 0.708. The van der Waals surface area contributed by atoms with E-state index in [0.717, 1.165) is 33.3 Å². The maximum absolute atomic E-state index is 12.7. The van der Waals surface area contributed by atoms with Crippen molar-refractivity contribution >= 4 is 45.2 Å². The second-order valence-corrected chi connectivity index (χ2v) is 8.02. The molecule has 0 atom stereocenters. The first-order valence-electron chi connectivity index (χ1n) is 8.69. The molecule has 2 aromatic carbocycles. The number of hydrogen-bond acceptors (Lipinski definition) is 4. The van der Waals surface area contributed by atoms with Gasteiger partial charge in [-0.1, -0.05) is 23.7 Å². The van der Waals surface area contributed by atoms with E-state index in [1.54, 1.807) is 0 Å². The summed E-state index contributed by atoms with van der Waals surface area (Å²) in [4.78, 5) is 15.5. The van der Waals surface area contributed by atoms with Crippen LogP contribution < -0.4 is 15.0 Å². The first kappa shape index (κ1) is 17.9. The number of hydrogen-bond donors (Lipinski definition) is 1. The van der Waals surface area contributed by atoms with E-state index in [-0.39, 0.29) is 5.91 Å². The molecular formula is C21H19ClN2O2S. The number of ether oxygens (including phenoxy) is 1. The standard InChI is InChI=1S/C21H19ClN2O2S/c1-13-3-4-14(2)16(11-13)23-21(25)19-7-8-20(27-19)24-9-10-26-18-6-5-15(22)12-17(18)24/h3-8,11-12H,9-10H2,1-2H3,(H,23,25). The van der Waals surface area contributed by atoms with Gasteiger partial charge in [-0.3, -0.25) is 4.79 Å². The molecule has 0 saturated heterocycles. The van der Waals surface area contributed by atoms with Crippen LogP contribution in [0.25, 0.3) is 0 Å². The molecule has 1 N–H and O–H groups in total. The zero-order chi connectivity index (χ0) is 19.0. The van der Waals surface area contributed by atoms with Crippen molar-refractivity contribution in [2.24, 2.45) is 0 Å². The number of thiophene rings is 1. The Bertz CT molecular complexity index is 1020. The average molecular weight is 399 g/mol. The molecule has 0 radical (unpaired) electrons. The number of aryl methyl sites for hydroxylation is 2. The highest BCUT2D eigenvalue weighted by Gasteiger charge is 2.22. The van der Waals surface area contributed by atoms with Gasteiger partial charge in [-0.2, -0.15) is 0 Å². The van der Waals surface area contributed by atoms with Crippen LogP contribution >= 0.6 is 22.9 Å². The third-order valence-electron chi connectivity index (χ3n) is 4.51. The van der Waals surface area contributed by atoms with E-state index in [1.165, 1.54) is 11.3 Å². The van der Waals surface area contributed by atoms with Crippen LogP contribution in [0.2, 0.25) is 5.02 Å². The Morgan fingerprint density at radius 2 is 2.00 bits per heavy atom. The lowest BCUT2D eigenvalue weighted by Gasteiger charge is -2.30. The van der Waals surface area contributed by atoms with Gasteiger partial charge in [0.05, 0.1) is 22.1 Å². The van der Waals surface area contributed by atoms with Crippen LogP contribution in [0.3, 0.4) is 0 Å². The topological polar surface area (TPSA) is 41.6 Å². The van der Waals surface area contributed by atoms with Crippen LogP contribution in [-0.2, 0) is 0 Å². The van der Waals surface area contributed by atoms with Crippen molar-refractivity contribution in [3.8, 4) is 5.75 Å². The minimum absolute atomic E-state index is 0.0977. The van der Waals surface area contributed by atoms with Gasteiger partial charge in [0.15, 0.2) is 0 Å². The molecule has 0 unspecified atom stereocenters. The van der Waals surface area contributed by atoms with Gasteiger partial charge in [0.1, 0.15) is 12.4 Å². The van der Waals surface area contributed by atoms with Crippen molar-refractivity contribution in [1.82, 2.24) is 0 Å². The number of carbonyl (C=O) groups is 1. The predicted octanol–water partition coefficient (Wildman–Crippen LogP) is 5.80. The van der Waals surface area contributed by atoms with Crippen molar-refractivity contribution in [1.29, 1.82) is 0 Å². The molecule has 0 aliphatic carbocycles. The van der Waals surface area contributed by atoms with E-state index in [1.807, 2.05) is 62.4 Å². The summed E-state index contributed by atoms with van der Waals surface area (Å²) >= 11 is 7.62. The molecule has 27 heavy (non-hydrogen) atoms. The molecular weight excluding hydrogens is 380 g/mol. The van der Waals surface area contributed by atoms with Gasteiger partial charge >= 0.3 is 0 Å². The van der Waals surface area contributed by atoms with E-state index < -0.39 is 0 Å². The van der Waals surface area contributed by atoms with Gasteiger partial charge in [-0.15, -0.1) is 11.3 Å². The average Bonchev–Trinajstić information content (AvgIpc) is 3.14. The summed E-state index contributed by atoms with van der Waals surface area (Å²) in [6.45, 7) is 5.31. The van der Waals surface area contributed by atoms with Crippen molar-refractivity contribution < 1.29 is 9.53 Å². The quantitative estimate of drug-likeness (QED) is 0.606. The minimum atomic E-state index is -0.0977. The SMILES string of the molecule is Cc1ccc(C)c(NC(=O)c2ccc(N3CCOc4ccc(Cl)cc43)s2)c1. The van der Waals surface area contributed by atoms with Crippen molar-refractivity contribution in [2.75, 3.05) is 23.4 Å². The number of benzene rings is 2. The number of halogens is 1. The molecule has 2 heterocycles. The summed E-state index contributed by atoms with van der Waals surface area (Å²) in [5, 5.41) is 4.67.